The lowest BCUT2D eigenvalue weighted by Crippen LogP contribution is -2.65. The maximum absolute atomic E-state index is 13.6. The van der Waals surface area contributed by atoms with Gasteiger partial charge in [0.05, 0.1) is 18.2 Å². The standard InChI is InChI=1S/C16H21F7N2O4/c1-3-8(4-2)29-10-6-7(12(26)27)5-9(24)11(10)25-13(28)14(17,18)15(19,20)16(21,22)23/h6,8-11H,3-5,24H2,1-2H3,(H,25,28)(H,26,27)/t9-,10+,11+/m0/s1. The molecule has 0 heterocycles. The maximum Gasteiger partial charge on any atom is 0.460 e. The van der Waals surface area contributed by atoms with Gasteiger partial charge in [0.25, 0.3) is 5.91 Å². The van der Waals surface area contributed by atoms with Crippen LogP contribution in [0.15, 0.2) is 11.6 Å². The van der Waals surface area contributed by atoms with E-state index in [-0.39, 0.29) is 5.57 Å². The fourth-order valence-electron chi connectivity index (χ4n) is 2.73. The number of carbonyl (C=O) groups excluding carboxylic acids is 1. The minimum Gasteiger partial charge on any atom is -0.478 e. The van der Waals surface area contributed by atoms with Crippen molar-refractivity contribution in [2.45, 2.75) is 75.4 Å². The highest BCUT2D eigenvalue weighted by Gasteiger charge is 2.76. The minimum absolute atomic E-state index is 0.272. The van der Waals surface area contributed by atoms with Crippen molar-refractivity contribution in [3.05, 3.63) is 11.6 Å². The fraction of sp³-hybridized carbons (Fsp3) is 0.750. The van der Waals surface area contributed by atoms with Crippen molar-refractivity contribution in [3.63, 3.8) is 0 Å². The molecule has 3 atom stereocenters. The topological polar surface area (TPSA) is 102 Å². The Morgan fingerprint density at radius 2 is 1.72 bits per heavy atom. The zero-order chi connectivity index (χ0) is 22.8. The summed E-state index contributed by atoms with van der Waals surface area (Å²) < 4.78 is 95.9. The van der Waals surface area contributed by atoms with Gasteiger partial charge in [-0.25, -0.2) is 4.79 Å². The highest BCUT2D eigenvalue weighted by molar-refractivity contribution is 5.88. The number of halogens is 7. The van der Waals surface area contributed by atoms with Gasteiger partial charge < -0.3 is 20.9 Å². The summed E-state index contributed by atoms with van der Waals surface area (Å²) in [5, 5.41) is 10.5. The first-order chi connectivity index (χ1) is 13.1. The van der Waals surface area contributed by atoms with E-state index in [0.29, 0.717) is 12.8 Å². The molecule has 13 heteroatoms. The number of hydrogen-bond donors (Lipinski definition) is 3. The van der Waals surface area contributed by atoms with E-state index in [2.05, 4.69) is 0 Å². The zero-order valence-corrected chi connectivity index (χ0v) is 15.4. The van der Waals surface area contributed by atoms with Crippen LogP contribution in [-0.4, -0.2) is 59.3 Å². The number of carbonyl (C=O) groups is 2. The van der Waals surface area contributed by atoms with Crippen LogP contribution in [0.2, 0.25) is 0 Å². The molecule has 0 fully saturated rings. The Kier molecular flexibility index (Phi) is 7.68. The predicted octanol–water partition coefficient (Wildman–Crippen LogP) is 2.62. The molecule has 0 spiro atoms. The van der Waals surface area contributed by atoms with Crippen LogP contribution in [-0.2, 0) is 14.3 Å². The van der Waals surface area contributed by atoms with Gasteiger partial charge in [0, 0.05) is 11.6 Å². The van der Waals surface area contributed by atoms with Crippen LogP contribution in [0.4, 0.5) is 30.7 Å². The first-order valence-electron chi connectivity index (χ1n) is 8.58. The molecule has 0 radical (unpaired) electrons. The average molecular weight is 438 g/mol. The predicted molar refractivity (Wildman–Crippen MR) is 85.4 cm³/mol. The molecule has 1 amide bonds. The molecule has 0 aromatic rings. The third-order valence-corrected chi connectivity index (χ3v) is 4.50. The van der Waals surface area contributed by atoms with Crippen molar-refractivity contribution >= 4 is 11.9 Å². The third kappa shape index (κ3) is 5.18. The molecular formula is C16H21F7N2O4. The summed E-state index contributed by atoms with van der Waals surface area (Å²) in [5.41, 5.74) is 5.42. The highest BCUT2D eigenvalue weighted by atomic mass is 19.4. The smallest absolute Gasteiger partial charge is 0.460 e. The van der Waals surface area contributed by atoms with E-state index in [0.717, 1.165) is 6.08 Å². The van der Waals surface area contributed by atoms with Crippen LogP contribution in [0.1, 0.15) is 33.1 Å². The van der Waals surface area contributed by atoms with E-state index in [4.69, 9.17) is 15.6 Å². The quantitative estimate of drug-likeness (QED) is 0.506. The van der Waals surface area contributed by atoms with Crippen LogP contribution < -0.4 is 11.1 Å². The summed E-state index contributed by atoms with van der Waals surface area (Å²) in [4.78, 5) is 22.9. The number of carboxylic acids is 1. The van der Waals surface area contributed by atoms with Crippen molar-refractivity contribution < 1.29 is 50.2 Å². The number of carboxylic acid groups (broad SMARTS) is 1. The number of alkyl halides is 7. The summed E-state index contributed by atoms with van der Waals surface area (Å²) in [7, 11) is 0. The Balaban J connectivity index is 3.21. The largest absolute Gasteiger partial charge is 0.478 e. The van der Waals surface area contributed by atoms with E-state index in [9.17, 15) is 40.3 Å². The molecule has 4 N–H and O–H groups in total. The molecule has 0 unspecified atom stereocenters. The number of ether oxygens (including phenoxy) is 1. The zero-order valence-electron chi connectivity index (χ0n) is 15.4. The number of hydrogen-bond acceptors (Lipinski definition) is 4. The normalized spacial score (nSPS) is 23.7. The second-order valence-corrected chi connectivity index (χ2v) is 6.55. The van der Waals surface area contributed by atoms with Gasteiger partial charge in [-0.1, -0.05) is 13.8 Å². The van der Waals surface area contributed by atoms with Crippen LogP contribution in [0.3, 0.4) is 0 Å². The van der Waals surface area contributed by atoms with Crippen LogP contribution >= 0.6 is 0 Å². The molecule has 1 aliphatic carbocycles. The lowest BCUT2D eigenvalue weighted by molar-refractivity contribution is -0.344. The molecule has 0 saturated heterocycles. The van der Waals surface area contributed by atoms with Gasteiger partial charge >= 0.3 is 24.0 Å². The Hall–Kier alpha value is -1.89. The molecule has 168 valence electrons. The third-order valence-electron chi connectivity index (χ3n) is 4.50. The first kappa shape index (κ1) is 25.1. The molecule has 6 nitrogen and oxygen atoms in total. The fourth-order valence-corrected chi connectivity index (χ4v) is 2.73. The van der Waals surface area contributed by atoms with Gasteiger partial charge in [-0.15, -0.1) is 0 Å². The summed E-state index contributed by atoms with van der Waals surface area (Å²) in [6, 6.07) is -3.04. The Morgan fingerprint density at radius 1 is 1.21 bits per heavy atom. The Labute approximate surface area is 161 Å². The molecule has 0 aromatic heterocycles. The molecule has 1 aliphatic rings. The Morgan fingerprint density at radius 3 is 2.14 bits per heavy atom. The SMILES string of the molecule is CCC(CC)O[C@@H]1C=C(C(=O)O)C[C@H](N)[C@H]1NC(=O)C(F)(F)C(F)(F)C(F)(F)F. The van der Waals surface area contributed by atoms with Gasteiger partial charge in [-0.3, -0.25) is 4.79 Å². The first-order valence-corrected chi connectivity index (χ1v) is 8.58. The molecule has 0 aliphatic heterocycles. The maximum atomic E-state index is 13.6. The number of nitrogens with one attached hydrogen (secondary N) is 1. The van der Waals surface area contributed by atoms with Crippen molar-refractivity contribution in [1.82, 2.24) is 5.32 Å². The van der Waals surface area contributed by atoms with E-state index >= 15 is 0 Å². The number of nitrogens with two attached hydrogens (primary N) is 1. The van der Waals surface area contributed by atoms with E-state index in [1.54, 1.807) is 13.8 Å². The molecule has 0 aromatic carbocycles. The minimum atomic E-state index is -6.68. The van der Waals surface area contributed by atoms with Crippen molar-refractivity contribution in [1.29, 1.82) is 0 Å². The van der Waals surface area contributed by atoms with Crippen LogP contribution in [0, 0.1) is 0 Å². The van der Waals surface area contributed by atoms with Gasteiger partial charge in [-0.05, 0) is 25.3 Å². The molecular weight excluding hydrogens is 417 g/mol. The summed E-state index contributed by atoms with van der Waals surface area (Å²) >= 11 is 0. The van der Waals surface area contributed by atoms with Crippen LogP contribution in [0.5, 0.6) is 0 Å². The van der Waals surface area contributed by atoms with Crippen LogP contribution in [0.25, 0.3) is 0 Å². The molecule has 1 rings (SSSR count). The summed E-state index contributed by atoms with van der Waals surface area (Å²) in [5.74, 6) is -17.1. The lowest BCUT2D eigenvalue weighted by atomic mass is 9.88. The van der Waals surface area contributed by atoms with E-state index < -0.39 is 60.6 Å². The summed E-state index contributed by atoms with van der Waals surface area (Å²) in [6.07, 6.45) is -7.34. The number of amides is 1. The number of rotatable bonds is 8. The van der Waals surface area contributed by atoms with Crippen molar-refractivity contribution in [2.75, 3.05) is 0 Å². The number of aliphatic carboxylic acids is 1. The Bertz CT molecular complexity index is 648. The molecule has 0 saturated carbocycles. The summed E-state index contributed by atoms with van der Waals surface area (Å²) in [6.45, 7) is 3.37. The van der Waals surface area contributed by atoms with Crippen molar-refractivity contribution in [3.8, 4) is 0 Å². The van der Waals surface area contributed by atoms with Gasteiger partial charge in [-0.2, -0.15) is 30.7 Å². The monoisotopic (exact) mass is 438 g/mol. The molecule has 29 heavy (non-hydrogen) atoms. The highest BCUT2D eigenvalue weighted by Crippen LogP contribution is 2.46. The van der Waals surface area contributed by atoms with E-state index in [1.807, 2.05) is 0 Å². The lowest BCUT2D eigenvalue weighted by Gasteiger charge is -2.37. The van der Waals surface area contributed by atoms with Crippen molar-refractivity contribution in [2.24, 2.45) is 5.73 Å². The molecule has 0 bridgehead atoms. The second kappa shape index (κ2) is 8.86. The van der Waals surface area contributed by atoms with Gasteiger partial charge in [0.15, 0.2) is 0 Å². The second-order valence-electron chi connectivity index (χ2n) is 6.55. The van der Waals surface area contributed by atoms with E-state index in [1.165, 1.54) is 5.32 Å². The van der Waals surface area contributed by atoms with Gasteiger partial charge in [0.1, 0.15) is 0 Å². The van der Waals surface area contributed by atoms with Gasteiger partial charge in [0.2, 0.25) is 0 Å². The average Bonchev–Trinajstić information content (AvgIpc) is 2.60.